The maximum absolute atomic E-state index is 12.7. The van der Waals surface area contributed by atoms with Gasteiger partial charge in [0, 0.05) is 19.1 Å². The van der Waals surface area contributed by atoms with Crippen molar-refractivity contribution < 1.29 is 9.53 Å². The van der Waals surface area contributed by atoms with Crippen LogP contribution in [0, 0.1) is 5.41 Å². The van der Waals surface area contributed by atoms with E-state index >= 15 is 0 Å². The van der Waals surface area contributed by atoms with Gasteiger partial charge in [-0.1, -0.05) is 43.2 Å². The number of nitrogens with one attached hydrogen (secondary N) is 1. The van der Waals surface area contributed by atoms with E-state index in [1.165, 1.54) is 18.4 Å². The van der Waals surface area contributed by atoms with Gasteiger partial charge in [0.2, 0.25) is 5.91 Å². The van der Waals surface area contributed by atoms with Gasteiger partial charge in [0.25, 0.3) is 0 Å². The van der Waals surface area contributed by atoms with Gasteiger partial charge in [-0.25, -0.2) is 0 Å². The van der Waals surface area contributed by atoms with E-state index in [9.17, 15) is 4.79 Å². The van der Waals surface area contributed by atoms with Crippen LogP contribution in [0.15, 0.2) is 30.3 Å². The number of ether oxygens (including phenoxy) is 1. The Morgan fingerprint density at radius 2 is 1.91 bits per heavy atom. The standard InChI is InChI=1S/C19H30N2O2/c1-21(2)17(13-16-9-5-4-6-10-16)18(22)20-14-19(15-23-3)11-7-8-12-19/h4-6,9-10,17H,7-8,11-15H2,1-3H3,(H,20,22)/t17-/m0/s1. The molecule has 1 aromatic carbocycles. The Hall–Kier alpha value is -1.39. The summed E-state index contributed by atoms with van der Waals surface area (Å²) < 4.78 is 5.40. The van der Waals surface area contributed by atoms with Crippen LogP contribution in [0.2, 0.25) is 0 Å². The number of methoxy groups -OCH3 is 1. The molecule has 1 fully saturated rings. The number of benzene rings is 1. The van der Waals surface area contributed by atoms with Crippen LogP contribution in [0.1, 0.15) is 31.2 Å². The van der Waals surface area contributed by atoms with Crippen LogP contribution in [0.25, 0.3) is 0 Å². The Morgan fingerprint density at radius 3 is 2.48 bits per heavy atom. The summed E-state index contributed by atoms with van der Waals surface area (Å²) in [6.07, 6.45) is 5.50. The molecule has 0 heterocycles. The van der Waals surface area contributed by atoms with Crippen LogP contribution in [0.4, 0.5) is 0 Å². The van der Waals surface area contributed by atoms with Crippen molar-refractivity contribution in [2.75, 3.05) is 34.4 Å². The van der Waals surface area contributed by atoms with E-state index in [0.29, 0.717) is 0 Å². The van der Waals surface area contributed by atoms with Gasteiger partial charge in [0.15, 0.2) is 0 Å². The highest BCUT2D eigenvalue weighted by atomic mass is 16.5. The normalized spacial score (nSPS) is 18.1. The second-order valence-electron chi connectivity index (χ2n) is 7.03. The van der Waals surface area contributed by atoms with Crippen molar-refractivity contribution in [2.45, 2.75) is 38.1 Å². The quantitative estimate of drug-likeness (QED) is 0.801. The van der Waals surface area contributed by atoms with E-state index < -0.39 is 0 Å². The van der Waals surface area contributed by atoms with Crippen LogP contribution >= 0.6 is 0 Å². The molecule has 0 bridgehead atoms. The molecule has 1 amide bonds. The van der Waals surface area contributed by atoms with Crippen LogP contribution < -0.4 is 5.32 Å². The van der Waals surface area contributed by atoms with Crippen LogP contribution in [0.3, 0.4) is 0 Å². The van der Waals surface area contributed by atoms with E-state index in [4.69, 9.17) is 4.74 Å². The fourth-order valence-corrected chi connectivity index (χ4v) is 3.54. The van der Waals surface area contributed by atoms with Gasteiger partial charge in [0.1, 0.15) is 0 Å². The molecule has 0 aromatic heterocycles. The molecule has 1 aliphatic rings. The van der Waals surface area contributed by atoms with E-state index in [0.717, 1.165) is 32.4 Å². The van der Waals surface area contributed by atoms with Gasteiger partial charge in [0.05, 0.1) is 12.6 Å². The Labute approximate surface area is 140 Å². The van der Waals surface area contributed by atoms with Crippen molar-refractivity contribution in [1.29, 1.82) is 0 Å². The first-order valence-corrected chi connectivity index (χ1v) is 8.53. The number of carbonyl (C=O) groups is 1. The van der Waals surface area contributed by atoms with Gasteiger partial charge in [-0.15, -0.1) is 0 Å². The summed E-state index contributed by atoms with van der Waals surface area (Å²) in [5.41, 5.74) is 1.32. The summed E-state index contributed by atoms with van der Waals surface area (Å²) in [6, 6.07) is 10.1. The molecule has 2 rings (SSSR count). The van der Waals surface area contributed by atoms with Crippen molar-refractivity contribution in [3.63, 3.8) is 0 Å². The minimum Gasteiger partial charge on any atom is -0.384 e. The van der Waals surface area contributed by atoms with Gasteiger partial charge < -0.3 is 10.1 Å². The predicted octanol–water partition coefficient (Wildman–Crippen LogP) is 2.48. The minimum absolute atomic E-state index is 0.112. The number of hydrogen-bond acceptors (Lipinski definition) is 3. The molecule has 4 heteroatoms. The predicted molar refractivity (Wildman–Crippen MR) is 93.4 cm³/mol. The summed E-state index contributed by atoms with van der Waals surface area (Å²) >= 11 is 0. The van der Waals surface area contributed by atoms with Gasteiger partial charge in [-0.3, -0.25) is 9.69 Å². The molecule has 1 N–H and O–H groups in total. The monoisotopic (exact) mass is 318 g/mol. The molecule has 128 valence electrons. The average Bonchev–Trinajstić information content (AvgIpc) is 3.00. The molecule has 1 aromatic rings. The highest BCUT2D eigenvalue weighted by Crippen LogP contribution is 2.37. The summed E-state index contributed by atoms with van der Waals surface area (Å²) in [6.45, 7) is 1.46. The third-order valence-corrected chi connectivity index (χ3v) is 4.95. The zero-order chi connectivity index (χ0) is 16.7. The Morgan fingerprint density at radius 1 is 1.26 bits per heavy atom. The maximum atomic E-state index is 12.7. The molecular formula is C19H30N2O2. The molecule has 1 atom stereocenters. The van der Waals surface area contributed by atoms with Crippen LogP contribution in [0.5, 0.6) is 0 Å². The molecule has 1 aliphatic carbocycles. The van der Waals surface area contributed by atoms with E-state index in [1.54, 1.807) is 7.11 Å². The lowest BCUT2D eigenvalue weighted by atomic mass is 9.87. The van der Waals surface area contributed by atoms with Crippen molar-refractivity contribution in [3.8, 4) is 0 Å². The Kier molecular flexibility index (Phi) is 6.60. The lowest BCUT2D eigenvalue weighted by Crippen LogP contribution is -2.48. The van der Waals surface area contributed by atoms with Gasteiger partial charge >= 0.3 is 0 Å². The molecule has 23 heavy (non-hydrogen) atoms. The fraction of sp³-hybridized carbons (Fsp3) is 0.632. The van der Waals surface area contributed by atoms with E-state index in [-0.39, 0.29) is 17.4 Å². The van der Waals surface area contributed by atoms with Crippen molar-refractivity contribution in [2.24, 2.45) is 5.41 Å². The molecule has 1 saturated carbocycles. The first-order valence-electron chi connectivity index (χ1n) is 8.53. The Balaban J connectivity index is 1.95. The lowest BCUT2D eigenvalue weighted by Gasteiger charge is -2.30. The SMILES string of the molecule is COCC1(CNC(=O)[C@H](Cc2ccccc2)N(C)C)CCCC1. The number of carbonyl (C=O) groups excluding carboxylic acids is 1. The van der Waals surface area contributed by atoms with Gasteiger partial charge in [-0.05, 0) is 38.9 Å². The van der Waals surface area contributed by atoms with E-state index in [1.807, 2.05) is 37.2 Å². The zero-order valence-corrected chi connectivity index (χ0v) is 14.7. The second kappa shape index (κ2) is 8.46. The first kappa shape index (κ1) is 18.0. The molecule has 0 saturated heterocycles. The molecular weight excluding hydrogens is 288 g/mol. The number of rotatable bonds is 8. The third-order valence-electron chi connectivity index (χ3n) is 4.95. The smallest absolute Gasteiger partial charge is 0.237 e. The molecule has 0 aliphatic heterocycles. The summed E-state index contributed by atoms with van der Waals surface area (Å²) in [5.74, 6) is 0.112. The highest BCUT2D eigenvalue weighted by molar-refractivity contribution is 5.82. The van der Waals surface area contributed by atoms with E-state index in [2.05, 4.69) is 17.4 Å². The molecule has 0 unspecified atom stereocenters. The topological polar surface area (TPSA) is 41.6 Å². The number of amides is 1. The van der Waals surface area contributed by atoms with Gasteiger partial charge in [-0.2, -0.15) is 0 Å². The number of likely N-dealkylation sites (N-methyl/N-ethyl adjacent to an activating group) is 1. The lowest BCUT2D eigenvalue weighted by molar-refractivity contribution is -0.126. The Bertz CT molecular complexity index is 481. The molecule has 0 radical (unpaired) electrons. The van der Waals surface area contributed by atoms with Crippen molar-refractivity contribution in [3.05, 3.63) is 35.9 Å². The number of nitrogens with zero attached hydrogens (tertiary/aromatic N) is 1. The maximum Gasteiger partial charge on any atom is 0.237 e. The minimum atomic E-state index is -0.140. The molecule has 0 spiro atoms. The van der Waals surface area contributed by atoms with Crippen molar-refractivity contribution in [1.82, 2.24) is 10.2 Å². The summed E-state index contributed by atoms with van der Waals surface area (Å²) in [5, 5.41) is 3.19. The average molecular weight is 318 g/mol. The third kappa shape index (κ3) is 5.05. The first-order chi connectivity index (χ1) is 11.1. The second-order valence-corrected chi connectivity index (χ2v) is 7.03. The largest absolute Gasteiger partial charge is 0.384 e. The summed E-state index contributed by atoms with van der Waals surface area (Å²) in [4.78, 5) is 14.7. The van der Waals surface area contributed by atoms with Crippen molar-refractivity contribution >= 4 is 5.91 Å². The van der Waals surface area contributed by atoms with Crippen LogP contribution in [-0.4, -0.2) is 51.2 Å². The molecule has 4 nitrogen and oxygen atoms in total. The van der Waals surface area contributed by atoms with Crippen LogP contribution in [-0.2, 0) is 16.0 Å². The number of hydrogen-bond donors (Lipinski definition) is 1. The zero-order valence-electron chi connectivity index (χ0n) is 14.7. The summed E-state index contributed by atoms with van der Waals surface area (Å²) in [7, 11) is 5.68. The fourth-order valence-electron chi connectivity index (χ4n) is 3.54. The highest BCUT2D eigenvalue weighted by Gasteiger charge is 2.35.